The van der Waals surface area contributed by atoms with Gasteiger partial charge in [0.25, 0.3) is 0 Å². The number of hydrogen-bond acceptors (Lipinski definition) is 3. The predicted molar refractivity (Wildman–Crippen MR) is 102 cm³/mol. The van der Waals surface area contributed by atoms with E-state index in [1.165, 1.54) is 31.3 Å². The van der Waals surface area contributed by atoms with Crippen molar-refractivity contribution in [2.45, 2.75) is 30.3 Å². The van der Waals surface area contributed by atoms with E-state index in [0.717, 1.165) is 12.8 Å². The third kappa shape index (κ3) is 4.81. The van der Waals surface area contributed by atoms with Crippen molar-refractivity contribution in [3.8, 4) is 0 Å². The largest absolute Gasteiger partial charge is 0.332 e. The first-order valence-electron chi connectivity index (χ1n) is 8.66. The molecule has 0 aromatic heterocycles. The maximum atomic E-state index is 13.9. The van der Waals surface area contributed by atoms with Crippen molar-refractivity contribution in [1.29, 1.82) is 0 Å². The summed E-state index contributed by atoms with van der Waals surface area (Å²) in [4.78, 5) is 14.4. The number of amides is 1. The highest BCUT2D eigenvalue weighted by atomic mass is 32.2. The van der Waals surface area contributed by atoms with E-state index in [9.17, 15) is 17.6 Å². The molecule has 1 amide bonds. The van der Waals surface area contributed by atoms with Crippen LogP contribution in [0.1, 0.15) is 24.0 Å². The number of rotatable bonds is 7. The maximum absolute atomic E-state index is 13.9. The Kier molecular flexibility index (Phi) is 5.72. The third-order valence-electron chi connectivity index (χ3n) is 4.45. The van der Waals surface area contributed by atoms with Gasteiger partial charge in [-0.2, -0.15) is 0 Å². The molecular formula is C20H21FN2O3S. The molecule has 0 bridgehead atoms. The molecule has 0 heterocycles. The minimum Gasteiger partial charge on any atom is -0.332 e. The number of nitrogens with one attached hydrogen (secondary N) is 1. The molecule has 1 saturated carbocycles. The van der Waals surface area contributed by atoms with Crippen LogP contribution >= 0.6 is 0 Å². The van der Waals surface area contributed by atoms with Gasteiger partial charge in [-0.1, -0.05) is 30.3 Å². The van der Waals surface area contributed by atoms with E-state index in [2.05, 4.69) is 4.72 Å². The number of hydrogen-bond donors (Lipinski definition) is 1. The number of benzene rings is 2. The average Bonchev–Trinajstić information content (AvgIpc) is 3.51. The average molecular weight is 388 g/mol. The molecule has 1 aliphatic rings. The Labute approximate surface area is 158 Å². The van der Waals surface area contributed by atoms with Crippen LogP contribution in [0, 0.1) is 5.82 Å². The molecule has 5 nitrogen and oxygen atoms in total. The summed E-state index contributed by atoms with van der Waals surface area (Å²) < 4.78 is 39.6. The summed E-state index contributed by atoms with van der Waals surface area (Å²) in [5.41, 5.74) is 1.20. The Morgan fingerprint density at radius 2 is 1.85 bits per heavy atom. The molecule has 0 spiro atoms. The predicted octanol–water partition coefficient (Wildman–Crippen LogP) is 2.94. The third-order valence-corrected chi connectivity index (χ3v) is 5.88. The summed E-state index contributed by atoms with van der Waals surface area (Å²) in [5, 5.41) is 0. The fraction of sp³-hybridized carbons (Fsp3) is 0.250. The summed E-state index contributed by atoms with van der Waals surface area (Å²) in [6.45, 7) is 0.236. The molecule has 2 aromatic carbocycles. The molecule has 1 fully saturated rings. The van der Waals surface area contributed by atoms with Gasteiger partial charge in [0.05, 0.1) is 4.90 Å². The Bertz CT molecular complexity index is 951. The van der Waals surface area contributed by atoms with Gasteiger partial charge in [0.2, 0.25) is 15.9 Å². The molecule has 1 N–H and O–H groups in total. The Morgan fingerprint density at radius 3 is 2.44 bits per heavy atom. The van der Waals surface area contributed by atoms with Gasteiger partial charge in [-0.05, 0) is 49.7 Å². The van der Waals surface area contributed by atoms with Crippen molar-refractivity contribution in [3.05, 3.63) is 71.6 Å². The summed E-state index contributed by atoms with van der Waals surface area (Å²) >= 11 is 0. The second-order valence-electron chi connectivity index (χ2n) is 6.40. The fourth-order valence-corrected chi connectivity index (χ4v) is 3.45. The van der Waals surface area contributed by atoms with Crippen molar-refractivity contribution < 1.29 is 17.6 Å². The van der Waals surface area contributed by atoms with Crippen LogP contribution in [0.4, 0.5) is 4.39 Å². The fourth-order valence-electron chi connectivity index (χ4n) is 2.72. The molecule has 0 saturated heterocycles. The quantitative estimate of drug-likeness (QED) is 0.742. The SMILES string of the molecule is CNS(=O)(=O)c1ccc(/C=C/C(=O)N(Cc2ccccc2F)C2CC2)cc1. The van der Waals surface area contributed by atoms with Gasteiger partial charge in [0.1, 0.15) is 5.82 Å². The van der Waals surface area contributed by atoms with Gasteiger partial charge < -0.3 is 4.90 Å². The lowest BCUT2D eigenvalue weighted by atomic mass is 10.2. The van der Waals surface area contributed by atoms with Gasteiger partial charge >= 0.3 is 0 Å². The smallest absolute Gasteiger partial charge is 0.247 e. The van der Waals surface area contributed by atoms with Gasteiger partial charge in [-0.15, -0.1) is 0 Å². The summed E-state index contributed by atoms with van der Waals surface area (Å²) in [7, 11) is -2.14. The maximum Gasteiger partial charge on any atom is 0.247 e. The van der Waals surface area contributed by atoms with E-state index in [0.29, 0.717) is 11.1 Å². The van der Waals surface area contributed by atoms with E-state index in [-0.39, 0.29) is 29.2 Å². The molecule has 0 atom stereocenters. The van der Waals surface area contributed by atoms with E-state index < -0.39 is 10.0 Å². The first kappa shape index (κ1) is 19.3. The van der Waals surface area contributed by atoms with Crippen LogP contribution in [0.3, 0.4) is 0 Å². The van der Waals surface area contributed by atoms with Gasteiger partial charge in [0.15, 0.2) is 0 Å². The molecule has 0 radical (unpaired) electrons. The first-order chi connectivity index (χ1) is 12.9. The molecule has 1 aliphatic carbocycles. The van der Waals surface area contributed by atoms with Gasteiger partial charge in [-0.25, -0.2) is 17.5 Å². The van der Waals surface area contributed by atoms with Gasteiger partial charge in [-0.3, -0.25) is 4.79 Å². The van der Waals surface area contributed by atoms with Crippen LogP contribution in [0.15, 0.2) is 59.5 Å². The Morgan fingerprint density at radius 1 is 1.19 bits per heavy atom. The zero-order valence-corrected chi connectivity index (χ0v) is 15.7. The minimum absolute atomic E-state index is 0.143. The van der Waals surface area contributed by atoms with Crippen LogP contribution in [0.5, 0.6) is 0 Å². The van der Waals surface area contributed by atoms with Crippen LogP contribution in [-0.4, -0.2) is 32.3 Å². The van der Waals surface area contributed by atoms with Crippen molar-refractivity contribution in [2.75, 3.05) is 7.05 Å². The normalized spacial score (nSPS) is 14.4. The standard InChI is InChI=1S/C20H21FN2O3S/c1-22-27(25,26)18-11-6-15(7-12-18)8-13-20(24)23(17-9-10-17)14-16-4-2-3-5-19(16)21/h2-8,11-13,17,22H,9-10,14H2,1H3/b13-8+. The lowest BCUT2D eigenvalue weighted by molar-refractivity contribution is -0.127. The Hall–Kier alpha value is -2.51. The lowest BCUT2D eigenvalue weighted by Gasteiger charge is -2.21. The molecule has 27 heavy (non-hydrogen) atoms. The van der Waals surface area contributed by atoms with Crippen LogP contribution in [0.2, 0.25) is 0 Å². The topological polar surface area (TPSA) is 66.5 Å². The van der Waals surface area contributed by atoms with Crippen LogP contribution in [0.25, 0.3) is 6.08 Å². The van der Waals surface area contributed by atoms with Gasteiger partial charge in [0, 0.05) is 24.2 Å². The number of halogens is 1. The second kappa shape index (κ2) is 8.02. The first-order valence-corrected chi connectivity index (χ1v) is 10.1. The summed E-state index contributed by atoms with van der Waals surface area (Å²) in [6.07, 6.45) is 4.92. The van der Waals surface area contributed by atoms with Crippen molar-refractivity contribution in [1.82, 2.24) is 9.62 Å². The molecule has 142 valence electrons. The van der Waals surface area contributed by atoms with Crippen molar-refractivity contribution in [2.24, 2.45) is 0 Å². The monoisotopic (exact) mass is 388 g/mol. The minimum atomic E-state index is -3.49. The molecule has 3 rings (SSSR count). The Balaban J connectivity index is 1.71. The number of carbonyl (C=O) groups is 1. The highest BCUT2D eigenvalue weighted by Gasteiger charge is 2.32. The van der Waals surface area contributed by atoms with Crippen LogP contribution < -0.4 is 4.72 Å². The van der Waals surface area contributed by atoms with Crippen molar-refractivity contribution in [3.63, 3.8) is 0 Å². The highest BCUT2D eigenvalue weighted by molar-refractivity contribution is 7.89. The van der Waals surface area contributed by atoms with Crippen LogP contribution in [-0.2, 0) is 21.4 Å². The second-order valence-corrected chi connectivity index (χ2v) is 8.29. The van der Waals surface area contributed by atoms with Crippen molar-refractivity contribution >= 4 is 22.0 Å². The summed E-state index contributed by atoms with van der Waals surface area (Å²) in [6, 6.07) is 12.8. The van der Waals surface area contributed by atoms with E-state index in [4.69, 9.17) is 0 Å². The zero-order valence-electron chi connectivity index (χ0n) is 14.9. The number of nitrogens with zero attached hydrogens (tertiary/aromatic N) is 1. The number of sulfonamides is 1. The highest BCUT2D eigenvalue weighted by Crippen LogP contribution is 2.29. The zero-order chi connectivity index (χ0) is 19.4. The number of carbonyl (C=O) groups excluding carboxylic acids is 1. The molecule has 0 aliphatic heterocycles. The molecule has 7 heteroatoms. The molecule has 2 aromatic rings. The lowest BCUT2D eigenvalue weighted by Crippen LogP contribution is -2.31. The van der Waals surface area contributed by atoms with E-state index >= 15 is 0 Å². The molecule has 0 unspecified atom stereocenters. The van der Waals surface area contributed by atoms with E-state index in [1.54, 1.807) is 41.3 Å². The summed E-state index contributed by atoms with van der Waals surface area (Å²) in [5.74, 6) is -0.506. The van der Waals surface area contributed by atoms with E-state index in [1.807, 2.05) is 0 Å². The molecular weight excluding hydrogens is 367 g/mol.